The van der Waals surface area contributed by atoms with E-state index in [4.69, 9.17) is 3.63 Å². The normalized spacial score (nSPS) is 14.5. The van der Waals surface area contributed by atoms with Crippen molar-refractivity contribution in [3.8, 4) is 0 Å². The van der Waals surface area contributed by atoms with Crippen molar-refractivity contribution in [1.82, 2.24) is 0 Å². The van der Waals surface area contributed by atoms with Gasteiger partial charge in [0.05, 0.1) is 0 Å². The molecular formula is C24H22F6O3S2. The van der Waals surface area contributed by atoms with Gasteiger partial charge in [0, 0.05) is 14.7 Å². The Kier molecular flexibility index (Phi) is 7.36. The summed E-state index contributed by atoms with van der Waals surface area (Å²) in [4.78, 5) is 0.368. The van der Waals surface area contributed by atoms with Crippen LogP contribution >= 0.6 is 10.3 Å². The minimum absolute atomic E-state index is 0.123. The van der Waals surface area contributed by atoms with Crippen LogP contribution in [0, 0.1) is 20.8 Å². The van der Waals surface area contributed by atoms with Crippen molar-refractivity contribution in [3.63, 3.8) is 0 Å². The number of hydrogen-bond donors (Lipinski definition) is 0. The van der Waals surface area contributed by atoms with E-state index in [0.717, 1.165) is 16.7 Å². The average molecular weight is 537 g/mol. The van der Waals surface area contributed by atoms with E-state index in [0.29, 0.717) is 0 Å². The molecule has 3 rings (SSSR count). The van der Waals surface area contributed by atoms with Gasteiger partial charge in [-0.1, -0.05) is 53.1 Å². The van der Waals surface area contributed by atoms with Gasteiger partial charge in [0.15, 0.2) is 0 Å². The molecule has 0 aliphatic carbocycles. The molecule has 0 N–H and O–H groups in total. The van der Waals surface area contributed by atoms with Crippen molar-refractivity contribution in [2.75, 3.05) is 0 Å². The summed E-state index contributed by atoms with van der Waals surface area (Å²) in [6.45, 7) is 5.21. The largest absolute Gasteiger partial charge is 0.426 e. The fourth-order valence-corrected chi connectivity index (χ4v) is 8.36. The summed E-state index contributed by atoms with van der Waals surface area (Å²) in [5.74, 6) is 0. The third-order valence-corrected chi connectivity index (χ3v) is 10.4. The van der Waals surface area contributed by atoms with Crippen molar-refractivity contribution in [2.24, 2.45) is 0 Å². The quantitative estimate of drug-likeness (QED) is 0.292. The highest BCUT2D eigenvalue weighted by molar-refractivity contribution is 8.33. The zero-order valence-corrected chi connectivity index (χ0v) is 20.4. The van der Waals surface area contributed by atoms with Crippen LogP contribution in [0.2, 0.25) is 0 Å². The van der Waals surface area contributed by atoms with E-state index < -0.39 is 38.0 Å². The Morgan fingerprint density at radius 1 is 0.629 bits per heavy atom. The Morgan fingerprint density at radius 2 is 0.914 bits per heavy atom. The van der Waals surface area contributed by atoms with Gasteiger partial charge in [-0.2, -0.15) is 30.4 Å². The van der Waals surface area contributed by atoms with E-state index in [9.17, 15) is 34.8 Å². The van der Waals surface area contributed by atoms with Gasteiger partial charge in [-0.05, 0) is 67.5 Å². The lowest BCUT2D eigenvalue weighted by atomic mass is 10.2. The van der Waals surface area contributed by atoms with Crippen molar-refractivity contribution < 1.29 is 38.4 Å². The standard InChI is InChI=1S/C24H22F6O3S2/c1-16-4-10-19(11-5-16)34(20-12-6-17(2)7-13-20,21-14-8-18(3)9-15-21)33-35(31,32)24(29,30)22(25)23(26,27)28/h4-15,22H,1-3H3. The lowest BCUT2D eigenvalue weighted by Gasteiger charge is -2.40. The first-order valence-electron chi connectivity index (χ1n) is 10.2. The van der Waals surface area contributed by atoms with Gasteiger partial charge in [-0.15, -0.1) is 0 Å². The molecule has 3 aromatic carbocycles. The molecule has 0 heterocycles. The molecule has 0 aromatic heterocycles. The molecule has 3 nitrogen and oxygen atoms in total. The zero-order chi connectivity index (χ0) is 26.2. The molecule has 1 atom stereocenters. The Bertz CT molecular complexity index is 1160. The molecule has 0 fully saturated rings. The number of rotatable bonds is 7. The molecule has 0 saturated carbocycles. The highest BCUT2D eigenvalue weighted by Gasteiger charge is 2.66. The van der Waals surface area contributed by atoms with Gasteiger partial charge in [0.1, 0.15) is 0 Å². The summed E-state index contributed by atoms with van der Waals surface area (Å²) in [5, 5.41) is -5.90. The molecule has 0 spiro atoms. The second kappa shape index (κ2) is 9.51. The fraction of sp³-hybridized carbons (Fsp3) is 0.250. The maximum absolute atomic E-state index is 14.6. The van der Waals surface area contributed by atoms with Crippen LogP contribution in [-0.2, 0) is 13.7 Å². The molecule has 3 aromatic rings. The number of hydrogen-bond acceptors (Lipinski definition) is 3. The van der Waals surface area contributed by atoms with E-state index in [1.807, 2.05) is 0 Å². The third-order valence-electron chi connectivity index (χ3n) is 5.17. The maximum Gasteiger partial charge on any atom is 0.426 e. The predicted molar refractivity (Wildman–Crippen MR) is 122 cm³/mol. The van der Waals surface area contributed by atoms with Crippen LogP contribution in [0.4, 0.5) is 26.3 Å². The Labute approximate surface area is 201 Å². The number of halogens is 6. The molecule has 0 saturated heterocycles. The maximum atomic E-state index is 14.6. The summed E-state index contributed by atoms with van der Waals surface area (Å²) in [6.07, 6.45) is -11.1. The summed E-state index contributed by atoms with van der Waals surface area (Å²) in [6, 6.07) is 18.2. The minimum atomic E-state index is -6.47. The number of aryl methyl sites for hydroxylation is 3. The van der Waals surface area contributed by atoms with Gasteiger partial charge >= 0.3 is 21.5 Å². The van der Waals surface area contributed by atoms with Crippen LogP contribution in [0.25, 0.3) is 0 Å². The summed E-state index contributed by atoms with van der Waals surface area (Å²) < 4.78 is 112. The molecule has 0 aliphatic rings. The van der Waals surface area contributed by atoms with Crippen molar-refractivity contribution in [1.29, 1.82) is 0 Å². The first-order chi connectivity index (χ1) is 16.1. The molecular weight excluding hydrogens is 514 g/mol. The summed E-state index contributed by atoms with van der Waals surface area (Å²) in [5.41, 5.74) is 2.26. The van der Waals surface area contributed by atoms with Gasteiger partial charge in [0.25, 0.3) is 6.17 Å². The summed E-state index contributed by atoms with van der Waals surface area (Å²) >= 11 is 0. The van der Waals surface area contributed by atoms with Gasteiger partial charge in [-0.3, -0.25) is 0 Å². The molecule has 0 amide bonds. The van der Waals surface area contributed by atoms with Gasteiger partial charge in [0.2, 0.25) is 0 Å². The summed E-state index contributed by atoms with van der Waals surface area (Å²) in [7, 11) is -10.1. The monoisotopic (exact) mass is 536 g/mol. The van der Waals surface area contributed by atoms with Crippen molar-refractivity contribution in [3.05, 3.63) is 89.5 Å². The fourth-order valence-electron chi connectivity index (χ4n) is 3.21. The van der Waals surface area contributed by atoms with Crippen LogP contribution in [0.5, 0.6) is 0 Å². The Morgan fingerprint density at radius 3 is 1.17 bits per heavy atom. The molecule has 0 radical (unpaired) electrons. The zero-order valence-electron chi connectivity index (χ0n) is 18.8. The van der Waals surface area contributed by atoms with Crippen molar-refractivity contribution in [2.45, 2.75) is 53.1 Å². The van der Waals surface area contributed by atoms with E-state index >= 15 is 0 Å². The van der Waals surface area contributed by atoms with E-state index in [1.165, 1.54) is 36.4 Å². The van der Waals surface area contributed by atoms with Crippen LogP contribution in [0.1, 0.15) is 16.7 Å². The molecule has 0 bridgehead atoms. The highest BCUT2D eigenvalue weighted by atomic mass is 32.3. The first kappa shape index (κ1) is 27.1. The third kappa shape index (κ3) is 5.22. The number of benzene rings is 3. The molecule has 11 heteroatoms. The number of alkyl halides is 6. The second-order valence-corrected chi connectivity index (χ2v) is 12.5. The van der Waals surface area contributed by atoms with Crippen LogP contribution < -0.4 is 0 Å². The van der Waals surface area contributed by atoms with Crippen LogP contribution in [-0.4, -0.2) is 26.0 Å². The predicted octanol–water partition coefficient (Wildman–Crippen LogP) is 7.65. The van der Waals surface area contributed by atoms with Crippen LogP contribution in [0.3, 0.4) is 0 Å². The molecule has 0 aliphatic heterocycles. The Balaban J connectivity index is 2.37. The molecule has 190 valence electrons. The van der Waals surface area contributed by atoms with Gasteiger partial charge in [-0.25, -0.2) is 8.02 Å². The minimum Gasteiger partial charge on any atom is -0.229 e. The average Bonchev–Trinajstić information content (AvgIpc) is 2.78. The Hall–Kier alpha value is -2.50. The SMILES string of the molecule is Cc1ccc(S(OS(=O)(=O)C(F)(F)C(F)C(F)(F)F)(c2ccc(C)cc2)c2ccc(C)cc2)cc1. The molecule has 1 unspecified atom stereocenters. The van der Waals surface area contributed by atoms with E-state index in [1.54, 1.807) is 57.2 Å². The lowest BCUT2D eigenvalue weighted by molar-refractivity contribution is -0.222. The second-order valence-electron chi connectivity index (χ2n) is 7.98. The van der Waals surface area contributed by atoms with Gasteiger partial charge < -0.3 is 0 Å². The van der Waals surface area contributed by atoms with E-state index in [-0.39, 0.29) is 14.7 Å². The first-order valence-corrected chi connectivity index (χ1v) is 13.2. The van der Waals surface area contributed by atoms with E-state index in [2.05, 4.69) is 0 Å². The van der Waals surface area contributed by atoms with Crippen LogP contribution in [0.15, 0.2) is 87.5 Å². The van der Waals surface area contributed by atoms with Crippen molar-refractivity contribution >= 4 is 20.4 Å². The smallest absolute Gasteiger partial charge is 0.229 e. The lowest BCUT2D eigenvalue weighted by Crippen LogP contribution is -2.48. The molecule has 35 heavy (non-hydrogen) atoms. The topological polar surface area (TPSA) is 43.4 Å². The highest BCUT2D eigenvalue weighted by Crippen LogP contribution is 2.70.